The molecule has 1 aromatic heterocycles. The highest BCUT2D eigenvalue weighted by molar-refractivity contribution is 9.10. The predicted octanol–water partition coefficient (Wildman–Crippen LogP) is 6.16. The lowest BCUT2D eigenvalue weighted by Crippen LogP contribution is -2.33. The molecule has 0 aliphatic carbocycles. The average molecular weight is 561 g/mol. The van der Waals surface area contributed by atoms with Gasteiger partial charge >= 0.3 is 0 Å². The highest BCUT2D eigenvalue weighted by atomic mass is 79.9. The van der Waals surface area contributed by atoms with Gasteiger partial charge in [0.1, 0.15) is 6.54 Å². The third-order valence-corrected chi connectivity index (χ3v) is 7.36. The van der Waals surface area contributed by atoms with E-state index in [2.05, 4.69) is 15.9 Å². The standard InChI is InChI=1S/C25H23BrClN3O3S/c1-3-28(4-2)23(31)15-29-14-17(20-12-18(26)7-10-21(20)29)11-22-24(32)30(25(33)34-22)13-16-5-8-19(27)9-6-16/h5-12,14H,3-4,13,15H2,1-2H3/b22-11-. The van der Waals surface area contributed by atoms with E-state index in [1.165, 1.54) is 4.90 Å². The van der Waals surface area contributed by atoms with Crippen LogP contribution < -0.4 is 0 Å². The number of amides is 3. The number of nitrogens with zero attached hydrogens (tertiary/aromatic N) is 3. The zero-order valence-corrected chi connectivity index (χ0v) is 21.9. The van der Waals surface area contributed by atoms with Crippen molar-refractivity contribution >= 4 is 73.3 Å². The van der Waals surface area contributed by atoms with Gasteiger partial charge in [0.15, 0.2) is 0 Å². The molecule has 0 spiro atoms. The number of imide groups is 1. The topological polar surface area (TPSA) is 62.6 Å². The van der Waals surface area contributed by atoms with Crippen LogP contribution in [-0.2, 0) is 22.7 Å². The van der Waals surface area contributed by atoms with Crippen LogP contribution >= 0.6 is 39.3 Å². The Morgan fingerprint density at radius 2 is 1.82 bits per heavy atom. The summed E-state index contributed by atoms with van der Waals surface area (Å²) in [6, 6.07) is 12.9. The van der Waals surface area contributed by atoms with Crippen LogP contribution in [-0.4, -0.2) is 44.5 Å². The summed E-state index contributed by atoms with van der Waals surface area (Å²) in [7, 11) is 0. The molecular formula is C25H23BrClN3O3S. The Kier molecular flexibility index (Phi) is 7.50. The second-order valence-corrected chi connectivity index (χ2v) is 10.2. The summed E-state index contributed by atoms with van der Waals surface area (Å²) in [6.07, 6.45) is 3.60. The number of hydrogen-bond donors (Lipinski definition) is 0. The minimum absolute atomic E-state index is 0.0275. The van der Waals surface area contributed by atoms with Gasteiger partial charge < -0.3 is 9.47 Å². The van der Waals surface area contributed by atoms with Crippen molar-refractivity contribution in [3.05, 3.63) is 74.2 Å². The molecule has 176 valence electrons. The average Bonchev–Trinajstić information content (AvgIpc) is 3.27. The van der Waals surface area contributed by atoms with Crippen LogP contribution in [0.25, 0.3) is 17.0 Å². The Morgan fingerprint density at radius 1 is 1.12 bits per heavy atom. The quantitative estimate of drug-likeness (QED) is 0.325. The molecule has 0 atom stereocenters. The van der Waals surface area contributed by atoms with Crippen molar-refractivity contribution in [2.75, 3.05) is 13.1 Å². The van der Waals surface area contributed by atoms with Crippen molar-refractivity contribution in [2.24, 2.45) is 0 Å². The third-order valence-electron chi connectivity index (χ3n) is 5.71. The number of carbonyl (C=O) groups is 3. The largest absolute Gasteiger partial charge is 0.342 e. The lowest BCUT2D eigenvalue weighted by molar-refractivity contribution is -0.131. The van der Waals surface area contributed by atoms with E-state index >= 15 is 0 Å². The molecule has 1 aliphatic rings. The van der Waals surface area contributed by atoms with E-state index in [1.54, 1.807) is 35.2 Å². The molecule has 0 N–H and O–H groups in total. The molecule has 1 fully saturated rings. The van der Waals surface area contributed by atoms with E-state index < -0.39 is 0 Å². The van der Waals surface area contributed by atoms with Gasteiger partial charge in [0.2, 0.25) is 5.91 Å². The summed E-state index contributed by atoms with van der Waals surface area (Å²) in [5.74, 6) is -0.306. The van der Waals surface area contributed by atoms with E-state index in [1.807, 2.05) is 42.8 Å². The van der Waals surface area contributed by atoms with Gasteiger partial charge in [0.25, 0.3) is 11.1 Å². The molecule has 0 saturated carbocycles. The van der Waals surface area contributed by atoms with Crippen LogP contribution in [0, 0.1) is 0 Å². The van der Waals surface area contributed by atoms with Gasteiger partial charge in [-0.1, -0.05) is 39.7 Å². The Balaban J connectivity index is 1.65. The van der Waals surface area contributed by atoms with Gasteiger partial charge in [-0.3, -0.25) is 19.3 Å². The normalized spacial score (nSPS) is 15.1. The van der Waals surface area contributed by atoms with Crippen LogP contribution in [0.3, 0.4) is 0 Å². The van der Waals surface area contributed by atoms with Gasteiger partial charge in [-0.05, 0) is 67.6 Å². The first-order chi connectivity index (χ1) is 16.3. The second-order valence-electron chi connectivity index (χ2n) is 7.83. The molecule has 3 amide bonds. The van der Waals surface area contributed by atoms with Gasteiger partial charge in [-0.15, -0.1) is 0 Å². The minimum atomic E-state index is -0.333. The molecule has 34 heavy (non-hydrogen) atoms. The summed E-state index contributed by atoms with van der Waals surface area (Å²) in [5, 5.41) is 1.18. The van der Waals surface area contributed by atoms with Crippen molar-refractivity contribution in [2.45, 2.75) is 26.9 Å². The number of thioether (sulfide) groups is 1. The zero-order chi connectivity index (χ0) is 24.4. The molecule has 0 radical (unpaired) electrons. The maximum atomic E-state index is 13.1. The maximum Gasteiger partial charge on any atom is 0.293 e. The van der Waals surface area contributed by atoms with Gasteiger partial charge in [-0.25, -0.2) is 0 Å². The van der Waals surface area contributed by atoms with Crippen molar-refractivity contribution < 1.29 is 14.4 Å². The fourth-order valence-electron chi connectivity index (χ4n) is 3.91. The Hall–Kier alpha value is -2.55. The maximum absolute atomic E-state index is 13.1. The summed E-state index contributed by atoms with van der Waals surface area (Å²) >= 11 is 10.4. The Labute approximate surface area is 215 Å². The SMILES string of the molecule is CCN(CC)C(=O)Cn1cc(/C=C2\SC(=O)N(Cc3ccc(Cl)cc3)C2=O)c2cc(Br)ccc21. The molecule has 1 saturated heterocycles. The number of hydrogen-bond acceptors (Lipinski definition) is 4. The van der Waals surface area contributed by atoms with E-state index in [9.17, 15) is 14.4 Å². The van der Waals surface area contributed by atoms with Crippen molar-refractivity contribution in [1.82, 2.24) is 14.4 Å². The summed E-state index contributed by atoms with van der Waals surface area (Å²) in [5.41, 5.74) is 2.49. The predicted molar refractivity (Wildman–Crippen MR) is 141 cm³/mol. The summed E-state index contributed by atoms with van der Waals surface area (Å²) in [6.45, 7) is 5.59. The zero-order valence-electron chi connectivity index (χ0n) is 18.8. The van der Waals surface area contributed by atoms with Gasteiger partial charge in [0, 0.05) is 45.2 Å². The van der Waals surface area contributed by atoms with Crippen molar-refractivity contribution in [1.29, 1.82) is 0 Å². The molecular weight excluding hydrogens is 538 g/mol. The van der Waals surface area contributed by atoms with Crippen LogP contribution in [0.15, 0.2) is 58.0 Å². The van der Waals surface area contributed by atoms with E-state index in [0.29, 0.717) is 23.0 Å². The summed E-state index contributed by atoms with van der Waals surface area (Å²) < 4.78 is 2.78. The molecule has 0 unspecified atom stereocenters. The van der Waals surface area contributed by atoms with E-state index in [4.69, 9.17) is 11.6 Å². The molecule has 2 heterocycles. The van der Waals surface area contributed by atoms with Crippen LogP contribution in [0.1, 0.15) is 25.0 Å². The third kappa shape index (κ3) is 5.09. The van der Waals surface area contributed by atoms with Crippen molar-refractivity contribution in [3.63, 3.8) is 0 Å². The van der Waals surface area contributed by atoms with Gasteiger partial charge in [-0.2, -0.15) is 0 Å². The lowest BCUT2D eigenvalue weighted by Gasteiger charge is -2.19. The number of carbonyl (C=O) groups excluding carboxylic acids is 3. The number of benzene rings is 2. The molecule has 2 aromatic carbocycles. The smallest absolute Gasteiger partial charge is 0.293 e. The molecule has 3 aromatic rings. The van der Waals surface area contributed by atoms with Crippen molar-refractivity contribution in [3.8, 4) is 0 Å². The molecule has 9 heteroatoms. The highest BCUT2D eigenvalue weighted by Crippen LogP contribution is 2.35. The van der Waals surface area contributed by atoms with Gasteiger partial charge in [0.05, 0.1) is 11.4 Å². The molecule has 1 aliphatic heterocycles. The molecule has 6 nitrogen and oxygen atoms in total. The number of likely N-dealkylation sites (N-methyl/N-ethyl adjacent to an activating group) is 1. The van der Waals surface area contributed by atoms with Crippen LogP contribution in [0.4, 0.5) is 4.79 Å². The molecule has 4 rings (SSSR count). The minimum Gasteiger partial charge on any atom is -0.342 e. The highest BCUT2D eigenvalue weighted by Gasteiger charge is 2.35. The van der Waals surface area contributed by atoms with Crippen LogP contribution in [0.5, 0.6) is 0 Å². The number of aromatic nitrogens is 1. The first-order valence-electron chi connectivity index (χ1n) is 10.9. The first-order valence-corrected chi connectivity index (χ1v) is 12.9. The fraction of sp³-hybridized carbons (Fsp3) is 0.240. The molecule has 0 bridgehead atoms. The van der Waals surface area contributed by atoms with E-state index in [0.717, 1.165) is 38.3 Å². The monoisotopic (exact) mass is 559 g/mol. The van der Waals surface area contributed by atoms with Crippen LogP contribution in [0.2, 0.25) is 5.02 Å². The van der Waals surface area contributed by atoms with E-state index in [-0.39, 0.29) is 30.1 Å². The summed E-state index contributed by atoms with van der Waals surface area (Å²) in [4.78, 5) is 41.8. The lowest BCUT2D eigenvalue weighted by atomic mass is 10.1. The Bertz CT molecular complexity index is 1300. The number of halogens is 2. The number of rotatable bonds is 7. The fourth-order valence-corrected chi connectivity index (χ4v) is 5.23. The number of fused-ring (bicyclic) bond motifs is 1. The first kappa shape index (κ1) is 24.6. The second kappa shape index (κ2) is 10.4. The Morgan fingerprint density at radius 3 is 2.50 bits per heavy atom.